The summed E-state index contributed by atoms with van der Waals surface area (Å²) in [7, 11) is 0. The number of carboxylic acid groups (broad SMARTS) is 1. The van der Waals surface area contributed by atoms with Crippen molar-refractivity contribution in [3.8, 4) is 0 Å². The van der Waals surface area contributed by atoms with Gasteiger partial charge in [0.2, 0.25) is 5.67 Å². The Morgan fingerprint density at radius 1 is 1.55 bits per heavy atom. The van der Waals surface area contributed by atoms with Gasteiger partial charge in [-0.25, -0.2) is 9.18 Å². The smallest absolute Gasteiger partial charge is 0.341 e. The van der Waals surface area contributed by atoms with Gasteiger partial charge in [0.05, 0.1) is 0 Å². The van der Waals surface area contributed by atoms with E-state index in [1.165, 1.54) is 0 Å². The minimum Gasteiger partial charge on any atom is -0.479 e. The first-order chi connectivity index (χ1) is 5.00. The number of carbonyl (C=O) groups is 1. The highest BCUT2D eigenvalue weighted by atomic mass is 19.1. The quantitative estimate of drug-likeness (QED) is 0.630. The molecule has 3 heteroatoms. The Hall–Kier alpha value is -0.600. The van der Waals surface area contributed by atoms with Crippen molar-refractivity contribution in [2.75, 3.05) is 0 Å². The highest BCUT2D eigenvalue weighted by molar-refractivity contribution is 5.76. The van der Waals surface area contributed by atoms with Crippen molar-refractivity contribution in [2.45, 2.75) is 45.2 Å². The molecule has 0 amide bonds. The molecule has 11 heavy (non-hydrogen) atoms. The molecule has 0 aromatic carbocycles. The van der Waals surface area contributed by atoms with Gasteiger partial charge < -0.3 is 5.11 Å². The molecule has 2 nitrogen and oxygen atoms in total. The summed E-state index contributed by atoms with van der Waals surface area (Å²) >= 11 is 0. The zero-order valence-electron chi connectivity index (χ0n) is 7.06. The lowest BCUT2D eigenvalue weighted by molar-refractivity contribution is -0.150. The molecular weight excluding hydrogens is 147 g/mol. The minimum absolute atomic E-state index is 0.121. The highest BCUT2D eigenvalue weighted by Gasteiger charge is 2.31. The Morgan fingerprint density at radius 2 is 2.09 bits per heavy atom. The molecule has 0 radical (unpaired) electrons. The lowest BCUT2D eigenvalue weighted by atomic mass is 10.0. The molecule has 0 unspecified atom stereocenters. The molecule has 0 aliphatic rings. The first kappa shape index (κ1) is 10.4. The van der Waals surface area contributed by atoms with Gasteiger partial charge in [0.1, 0.15) is 0 Å². The SMILES string of the molecule is CCCCC[C@@](C)(F)C(=O)O. The fourth-order valence-corrected chi connectivity index (χ4v) is 0.814. The molecule has 1 atom stereocenters. The predicted molar refractivity (Wildman–Crippen MR) is 41.3 cm³/mol. The third-order valence-electron chi connectivity index (χ3n) is 1.70. The molecule has 0 aliphatic heterocycles. The molecule has 0 bridgehead atoms. The van der Waals surface area contributed by atoms with Crippen LogP contribution in [0.25, 0.3) is 0 Å². The number of aliphatic carboxylic acids is 1. The Morgan fingerprint density at radius 3 is 2.45 bits per heavy atom. The maximum absolute atomic E-state index is 12.9. The van der Waals surface area contributed by atoms with Gasteiger partial charge in [-0.2, -0.15) is 0 Å². The second-order valence-corrected chi connectivity index (χ2v) is 2.96. The molecule has 1 N–H and O–H groups in total. The number of rotatable bonds is 5. The van der Waals surface area contributed by atoms with Crippen molar-refractivity contribution in [3.05, 3.63) is 0 Å². The monoisotopic (exact) mass is 162 g/mol. The van der Waals surface area contributed by atoms with Crippen molar-refractivity contribution in [1.29, 1.82) is 0 Å². The molecule has 66 valence electrons. The topological polar surface area (TPSA) is 37.3 Å². The molecule has 0 aromatic rings. The zero-order chi connectivity index (χ0) is 8.91. The van der Waals surface area contributed by atoms with Crippen molar-refractivity contribution < 1.29 is 14.3 Å². The number of unbranched alkanes of at least 4 members (excludes halogenated alkanes) is 2. The van der Waals surface area contributed by atoms with Gasteiger partial charge in [-0.15, -0.1) is 0 Å². The maximum atomic E-state index is 12.9. The van der Waals surface area contributed by atoms with Crippen molar-refractivity contribution in [3.63, 3.8) is 0 Å². The lowest BCUT2D eigenvalue weighted by Gasteiger charge is -2.13. The van der Waals surface area contributed by atoms with Gasteiger partial charge >= 0.3 is 5.97 Å². The van der Waals surface area contributed by atoms with E-state index in [9.17, 15) is 9.18 Å². The van der Waals surface area contributed by atoms with E-state index >= 15 is 0 Å². The van der Waals surface area contributed by atoms with Crippen LogP contribution in [0.3, 0.4) is 0 Å². The number of alkyl halides is 1. The molecule has 0 saturated heterocycles. The Bertz CT molecular complexity index is 132. The van der Waals surface area contributed by atoms with Crippen LogP contribution in [-0.4, -0.2) is 16.7 Å². The van der Waals surface area contributed by atoms with Crippen molar-refractivity contribution in [2.24, 2.45) is 0 Å². The van der Waals surface area contributed by atoms with Crippen LogP contribution in [0.4, 0.5) is 4.39 Å². The molecule has 0 spiro atoms. The van der Waals surface area contributed by atoms with Gasteiger partial charge in [-0.1, -0.05) is 19.8 Å². The summed E-state index contributed by atoms with van der Waals surface area (Å²) in [6.07, 6.45) is 2.65. The lowest BCUT2D eigenvalue weighted by Crippen LogP contribution is -2.29. The zero-order valence-corrected chi connectivity index (χ0v) is 7.06. The summed E-state index contributed by atoms with van der Waals surface area (Å²) in [4.78, 5) is 10.2. The second kappa shape index (κ2) is 4.31. The number of carboxylic acids is 1. The van der Waals surface area contributed by atoms with E-state index in [0.29, 0.717) is 6.42 Å². The van der Waals surface area contributed by atoms with Crippen LogP contribution < -0.4 is 0 Å². The summed E-state index contributed by atoms with van der Waals surface area (Å²) in [5.74, 6) is -1.35. The van der Waals surface area contributed by atoms with Crippen LogP contribution in [0.5, 0.6) is 0 Å². The van der Waals surface area contributed by atoms with Crippen LogP contribution in [0.15, 0.2) is 0 Å². The van der Waals surface area contributed by atoms with Gasteiger partial charge in [0.15, 0.2) is 0 Å². The molecule has 0 aromatic heterocycles. The van der Waals surface area contributed by atoms with E-state index in [1.54, 1.807) is 0 Å². The Labute approximate surface area is 66.4 Å². The van der Waals surface area contributed by atoms with E-state index < -0.39 is 11.6 Å². The summed E-state index contributed by atoms with van der Waals surface area (Å²) in [6.45, 7) is 3.11. The first-order valence-electron chi connectivity index (χ1n) is 3.93. The number of halogens is 1. The minimum atomic E-state index is -2.03. The van der Waals surface area contributed by atoms with E-state index in [2.05, 4.69) is 0 Å². The van der Waals surface area contributed by atoms with E-state index in [-0.39, 0.29) is 6.42 Å². The summed E-state index contributed by atoms with van der Waals surface area (Å²) in [6, 6.07) is 0. The van der Waals surface area contributed by atoms with Gasteiger partial charge in [0.25, 0.3) is 0 Å². The van der Waals surface area contributed by atoms with Crippen LogP contribution >= 0.6 is 0 Å². The van der Waals surface area contributed by atoms with E-state index in [1.807, 2.05) is 6.92 Å². The second-order valence-electron chi connectivity index (χ2n) is 2.96. The third-order valence-corrected chi connectivity index (χ3v) is 1.70. The Balaban J connectivity index is 3.64. The van der Waals surface area contributed by atoms with Crippen LogP contribution in [0.2, 0.25) is 0 Å². The summed E-state index contributed by atoms with van der Waals surface area (Å²) in [5.41, 5.74) is -2.03. The molecule has 0 heterocycles. The van der Waals surface area contributed by atoms with Crippen LogP contribution in [0, 0.1) is 0 Å². The maximum Gasteiger partial charge on any atom is 0.341 e. The Kier molecular flexibility index (Phi) is 4.08. The molecule has 0 fully saturated rings. The van der Waals surface area contributed by atoms with Gasteiger partial charge in [0, 0.05) is 0 Å². The number of hydrogen-bond donors (Lipinski definition) is 1. The highest BCUT2D eigenvalue weighted by Crippen LogP contribution is 2.19. The van der Waals surface area contributed by atoms with Crippen LogP contribution in [0.1, 0.15) is 39.5 Å². The third kappa shape index (κ3) is 3.96. The summed E-state index contributed by atoms with van der Waals surface area (Å²) < 4.78 is 12.9. The van der Waals surface area contributed by atoms with Crippen molar-refractivity contribution in [1.82, 2.24) is 0 Å². The average Bonchev–Trinajstić information content (AvgIpc) is 1.88. The van der Waals surface area contributed by atoms with Crippen LogP contribution in [-0.2, 0) is 4.79 Å². The number of hydrogen-bond acceptors (Lipinski definition) is 1. The standard InChI is InChI=1S/C8H15FO2/c1-3-4-5-6-8(2,9)7(10)11/h3-6H2,1-2H3,(H,10,11)/t8-/m1/s1. The van der Waals surface area contributed by atoms with E-state index in [0.717, 1.165) is 19.8 Å². The summed E-state index contributed by atoms with van der Waals surface area (Å²) in [5, 5.41) is 8.37. The van der Waals surface area contributed by atoms with E-state index in [4.69, 9.17) is 5.11 Å². The molecule has 0 aliphatic carbocycles. The fraction of sp³-hybridized carbons (Fsp3) is 0.875. The largest absolute Gasteiger partial charge is 0.479 e. The molecular formula is C8H15FO2. The molecule has 0 saturated carbocycles. The van der Waals surface area contributed by atoms with Crippen molar-refractivity contribution >= 4 is 5.97 Å². The molecule has 0 rings (SSSR count). The fourth-order valence-electron chi connectivity index (χ4n) is 0.814. The first-order valence-corrected chi connectivity index (χ1v) is 3.93. The average molecular weight is 162 g/mol. The van der Waals surface area contributed by atoms with Gasteiger partial charge in [-0.3, -0.25) is 0 Å². The predicted octanol–water partition coefficient (Wildman–Crippen LogP) is 2.38. The normalized spacial score (nSPS) is 15.9. The van der Waals surface area contributed by atoms with Gasteiger partial charge in [-0.05, 0) is 19.8 Å².